The zero-order chi connectivity index (χ0) is 11.0. The molecule has 0 unspecified atom stereocenters. The van der Waals surface area contributed by atoms with Gasteiger partial charge in [-0.1, -0.05) is 15.9 Å². The summed E-state index contributed by atoms with van der Waals surface area (Å²) in [4.78, 5) is 10.4. The molecule has 0 aliphatic rings. The Labute approximate surface area is 94.0 Å². The lowest BCUT2D eigenvalue weighted by Crippen LogP contribution is -1.92. The third-order valence-electron chi connectivity index (χ3n) is 2.11. The van der Waals surface area contributed by atoms with E-state index in [1.165, 1.54) is 0 Å². The number of nitro benzene ring substituents is 1. The molecule has 0 N–H and O–H groups in total. The van der Waals surface area contributed by atoms with Crippen molar-refractivity contribution >= 4 is 32.5 Å². The van der Waals surface area contributed by atoms with E-state index >= 15 is 0 Å². The molecule has 78 valence electrons. The standard InChI is InChI=1S/C9H8BrN3O2/c1-12-5-7-2-6(4-10)3-8(13(14)15)9(7)11-12/h2-3,5H,4H2,1H3. The minimum atomic E-state index is -0.401. The summed E-state index contributed by atoms with van der Waals surface area (Å²) >= 11 is 3.28. The summed E-state index contributed by atoms with van der Waals surface area (Å²) in [6, 6.07) is 3.44. The Morgan fingerprint density at radius 1 is 1.60 bits per heavy atom. The zero-order valence-corrected chi connectivity index (χ0v) is 9.56. The van der Waals surface area contributed by atoms with Crippen LogP contribution in [0.5, 0.6) is 0 Å². The van der Waals surface area contributed by atoms with E-state index < -0.39 is 4.92 Å². The van der Waals surface area contributed by atoms with Crippen LogP contribution in [0.4, 0.5) is 5.69 Å². The second-order valence-electron chi connectivity index (χ2n) is 3.25. The van der Waals surface area contributed by atoms with Gasteiger partial charge in [-0.3, -0.25) is 14.8 Å². The number of halogens is 1. The quantitative estimate of drug-likeness (QED) is 0.478. The highest BCUT2D eigenvalue weighted by Gasteiger charge is 2.16. The molecule has 0 aliphatic carbocycles. The minimum Gasteiger partial charge on any atom is -0.274 e. The van der Waals surface area contributed by atoms with Crippen LogP contribution < -0.4 is 0 Å². The Morgan fingerprint density at radius 3 is 2.93 bits per heavy atom. The second kappa shape index (κ2) is 3.62. The summed E-state index contributed by atoms with van der Waals surface area (Å²) in [5.74, 6) is 0. The van der Waals surface area contributed by atoms with Crippen molar-refractivity contribution < 1.29 is 4.92 Å². The van der Waals surface area contributed by atoms with Gasteiger partial charge in [0.1, 0.15) is 0 Å². The molecule has 1 aromatic carbocycles. The molecular weight excluding hydrogens is 262 g/mol. The Kier molecular flexibility index (Phi) is 2.44. The van der Waals surface area contributed by atoms with Crippen molar-refractivity contribution in [1.29, 1.82) is 0 Å². The fraction of sp³-hybridized carbons (Fsp3) is 0.222. The lowest BCUT2D eigenvalue weighted by molar-refractivity contribution is -0.383. The Morgan fingerprint density at radius 2 is 2.33 bits per heavy atom. The van der Waals surface area contributed by atoms with Gasteiger partial charge in [0, 0.05) is 30.0 Å². The number of nitro groups is 1. The van der Waals surface area contributed by atoms with Crippen LogP contribution in [0.15, 0.2) is 18.3 Å². The Balaban J connectivity index is 2.79. The largest absolute Gasteiger partial charge is 0.297 e. The third-order valence-corrected chi connectivity index (χ3v) is 2.76. The van der Waals surface area contributed by atoms with Gasteiger partial charge in [0.2, 0.25) is 0 Å². The van der Waals surface area contributed by atoms with Crippen molar-refractivity contribution in [3.8, 4) is 0 Å². The first-order chi connectivity index (χ1) is 7.11. The van der Waals surface area contributed by atoms with Gasteiger partial charge in [-0.05, 0) is 11.6 Å². The number of hydrogen-bond acceptors (Lipinski definition) is 3. The van der Waals surface area contributed by atoms with E-state index in [1.807, 2.05) is 6.07 Å². The molecule has 0 saturated heterocycles. The van der Waals surface area contributed by atoms with Gasteiger partial charge in [-0.15, -0.1) is 0 Å². The summed E-state index contributed by atoms with van der Waals surface area (Å²) in [5, 5.41) is 16.3. The van der Waals surface area contributed by atoms with Crippen LogP contribution in [-0.4, -0.2) is 14.7 Å². The minimum absolute atomic E-state index is 0.0579. The van der Waals surface area contributed by atoms with Gasteiger partial charge in [0.25, 0.3) is 5.69 Å². The first-order valence-electron chi connectivity index (χ1n) is 4.28. The second-order valence-corrected chi connectivity index (χ2v) is 3.81. The van der Waals surface area contributed by atoms with Gasteiger partial charge in [-0.2, -0.15) is 5.10 Å². The van der Waals surface area contributed by atoms with E-state index in [0.29, 0.717) is 10.8 Å². The zero-order valence-electron chi connectivity index (χ0n) is 7.98. The van der Waals surface area contributed by atoms with Crippen LogP contribution in [0.25, 0.3) is 10.9 Å². The van der Waals surface area contributed by atoms with Gasteiger partial charge in [0.15, 0.2) is 5.52 Å². The van der Waals surface area contributed by atoms with Gasteiger partial charge in [-0.25, -0.2) is 0 Å². The van der Waals surface area contributed by atoms with Crippen LogP contribution >= 0.6 is 15.9 Å². The molecule has 0 amide bonds. The lowest BCUT2D eigenvalue weighted by atomic mass is 10.1. The predicted octanol–water partition coefficient (Wildman–Crippen LogP) is 2.38. The summed E-state index contributed by atoms with van der Waals surface area (Å²) in [7, 11) is 1.75. The van der Waals surface area contributed by atoms with Crippen molar-refractivity contribution in [3.05, 3.63) is 34.0 Å². The molecule has 5 nitrogen and oxygen atoms in total. The predicted molar refractivity (Wildman–Crippen MR) is 60.0 cm³/mol. The highest BCUT2D eigenvalue weighted by atomic mass is 79.9. The molecule has 0 bridgehead atoms. The van der Waals surface area contributed by atoms with Crippen molar-refractivity contribution in [1.82, 2.24) is 9.78 Å². The SMILES string of the molecule is Cn1cc2cc(CBr)cc([N+](=O)[O-])c2n1. The summed E-state index contributed by atoms with van der Waals surface area (Å²) in [5.41, 5.74) is 1.37. The molecule has 15 heavy (non-hydrogen) atoms. The monoisotopic (exact) mass is 269 g/mol. The highest BCUT2D eigenvalue weighted by molar-refractivity contribution is 9.08. The average Bonchev–Trinajstić information content (AvgIpc) is 2.55. The maximum Gasteiger partial charge on any atom is 0.297 e. The van der Waals surface area contributed by atoms with Crippen molar-refractivity contribution in [3.63, 3.8) is 0 Å². The van der Waals surface area contributed by atoms with E-state index in [2.05, 4.69) is 21.0 Å². The summed E-state index contributed by atoms with van der Waals surface area (Å²) < 4.78 is 1.58. The molecule has 0 atom stereocenters. The van der Waals surface area contributed by atoms with Crippen molar-refractivity contribution in [2.75, 3.05) is 0 Å². The van der Waals surface area contributed by atoms with Crippen LogP contribution in [0.3, 0.4) is 0 Å². The maximum atomic E-state index is 10.8. The number of non-ortho nitro benzene ring substituents is 1. The fourth-order valence-electron chi connectivity index (χ4n) is 1.51. The van der Waals surface area contributed by atoms with Gasteiger partial charge < -0.3 is 0 Å². The van der Waals surface area contributed by atoms with Crippen molar-refractivity contribution in [2.24, 2.45) is 7.05 Å². The fourth-order valence-corrected chi connectivity index (χ4v) is 1.84. The molecule has 2 aromatic rings. The van der Waals surface area contributed by atoms with Crippen molar-refractivity contribution in [2.45, 2.75) is 5.33 Å². The molecule has 1 aromatic heterocycles. The van der Waals surface area contributed by atoms with Crippen LogP contribution in [-0.2, 0) is 12.4 Å². The molecule has 0 aliphatic heterocycles. The molecule has 1 heterocycles. The number of hydrogen-bond donors (Lipinski definition) is 0. The number of aromatic nitrogens is 2. The Hall–Kier alpha value is -1.43. The van der Waals surface area contributed by atoms with E-state index in [1.54, 1.807) is 24.0 Å². The van der Waals surface area contributed by atoms with E-state index in [-0.39, 0.29) is 5.69 Å². The molecule has 0 radical (unpaired) electrons. The number of nitrogens with zero attached hydrogens (tertiary/aromatic N) is 3. The summed E-state index contributed by atoms with van der Waals surface area (Å²) in [6.45, 7) is 0. The number of benzene rings is 1. The third kappa shape index (κ3) is 1.72. The van der Waals surface area contributed by atoms with E-state index in [4.69, 9.17) is 0 Å². The number of fused-ring (bicyclic) bond motifs is 1. The number of aryl methyl sites for hydroxylation is 1. The summed E-state index contributed by atoms with van der Waals surface area (Å²) in [6.07, 6.45) is 1.77. The lowest BCUT2D eigenvalue weighted by Gasteiger charge is -1.96. The van der Waals surface area contributed by atoms with Gasteiger partial charge >= 0.3 is 0 Å². The van der Waals surface area contributed by atoms with E-state index in [9.17, 15) is 10.1 Å². The molecular formula is C9H8BrN3O2. The highest BCUT2D eigenvalue weighted by Crippen LogP contribution is 2.26. The molecule has 0 saturated carbocycles. The first-order valence-corrected chi connectivity index (χ1v) is 5.40. The van der Waals surface area contributed by atoms with Crippen LogP contribution in [0.1, 0.15) is 5.56 Å². The Bertz CT molecular complexity index is 535. The normalized spacial score (nSPS) is 10.8. The molecule has 0 spiro atoms. The average molecular weight is 270 g/mol. The maximum absolute atomic E-state index is 10.8. The number of rotatable bonds is 2. The molecule has 0 fully saturated rings. The first kappa shape index (κ1) is 10.1. The molecule has 2 rings (SSSR count). The topological polar surface area (TPSA) is 61.0 Å². The van der Waals surface area contributed by atoms with Crippen LogP contribution in [0, 0.1) is 10.1 Å². The van der Waals surface area contributed by atoms with E-state index in [0.717, 1.165) is 10.9 Å². The smallest absolute Gasteiger partial charge is 0.274 e. The van der Waals surface area contributed by atoms with Gasteiger partial charge in [0.05, 0.1) is 4.92 Å². The molecule has 6 heteroatoms. The number of alkyl halides is 1. The van der Waals surface area contributed by atoms with Crippen LogP contribution in [0.2, 0.25) is 0 Å².